The fourth-order valence-electron chi connectivity index (χ4n) is 1.78. The number of pyridine rings is 1. The predicted octanol–water partition coefficient (Wildman–Crippen LogP) is 3.27. The van der Waals surface area contributed by atoms with Crippen molar-refractivity contribution in [1.29, 1.82) is 0 Å². The van der Waals surface area contributed by atoms with Crippen molar-refractivity contribution in [3.63, 3.8) is 0 Å². The van der Waals surface area contributed by atoms with E-state index in [2.05, 4.69) is 9.88 Å². The van der Waals surface area contributed by atoms with Gasteiger partial charge in [-0.3, -0.25) is 9.88 Å². The fourth-order valence-corrected chi connectivity index (χ4v) is 2.43. The minimum absolute atomic E-state index is 0. The third-order valence-electron chi connectivity index (χ3n) is 2.84. The van der Waals surface area contributed by atoms with E-state index in [0.29, 0.717) is 11.8 Å². The van der Waals surface area contributed by atoms with Crippen molar-refractivity contribution in [2.45, 2.75) is 13.0 Å². The van der Waals surface area contributed by atoms with Gasteiger partial charge in [-0.05, 0) is 20.0 Å². The smallest absolute Gasteiger partial charge is 0.125 e. The van der Waals surface area contributed by atoms with Gasteiger partial charge in [-0.1, -0.05) is 0 Å². The van der Waals surface area contributed by atoms with Gasteiger partial charge in [0.15, 0.2) is 0 Å². The molecule has 0 aliphatic heterocycles. The molecule has 0 spiro atoms. The van der Waals surface area contributed by atoms with Crippen LogP contribution in [-0.2, 0) is 0 Å². The summed E-state index contributed by atoms with van der Waals surface area (Å²) in [7, 11) is 3.65. The van der Waals surface area contributed by atoms with Gasteiger partial charge in [0.1, 0.15) is 5.75 Å². The summed E-state index contributed by atoms with van der Waals surface area (Å²) in [5, 5.41) is 0. The van der Waals surface area contributed by atoms with Gasteiger partial charge in [-0.15, -0.1) is 35.6 Å². The first-order valence-corrected chi connectivity index (χ1v) is 6.54. The predicted molar refractivity (Wildman–Crippen MR) is 79.6 cm³/mol. The number of ether oxygens (including phenoxy) is 1. The van der Waals surface area contributed by atoms with Crippen LogP contribution in [0.4, 0.5) is 0 Å². The van der Waals surface area contributed by atoms with Gasteiger partial charge in [0.2, 0.25) is 0 Å². The number of hydrogen-bond acceptors (Lipinski definition) is 3. The van der Waals surface area contributed by atoms with E-state index in [0.717, 1.165) is 23.6 Å². The van der Waals surface area contributed by atoms with E-state index in [1.165, 1.54) is 0 Å². The lowest BCUT2D eigenvalue weighted by atomic mass is 10.1. The SMILES string of the molecule is COc1ccnc(C(CCl)N(C)CCCl)c1C.Cl. The summed E-state index contributed by atoms with van der Waals surface area (Å²) in [6.07, 6.45) is 1.75. The van der Waals surface area contributed by atoms with E-state index in [4.69, 9.17) is 27.9 Å². The van der Waals surface area contributed by atoms with Gasteiger partial charge >= 0.3 is 0 Å². The molecule has 0 aromatic carbocycles. The van der Waals surface area contributed by atoms with Crippen LogP contribution >= 0.6 is 35.6 Å². The molecule has 1 rings (SSSR count). The maximum atomic E-state index is 6.03. The van der Waals surface area contributed by atoms with Crippen LogP contribution in [0.3, 0.4) is 0 Å². The van der Waals surface area contributed by atoms with Crippen molar-refractivity contribution >= 4 is 35.6 Å². The second-order valence-corrected chi connectivity index (χ2v) is 4.55. The molecule has 1 unspecified atom stereocenters. The second-order valence-electron chi connectivity index (χ2n) is 3.86. The summed E-state index contributed by atoms with van der Waals surface area (Å²) in [4.78, 5) is 6.52. The van der Waals surface area contributed by atoms with Gasteiger partial charge < -0.3 is 4.74 Å². The highest BCUT2D eigenvalue weighted by Gasteiger charge is 2.20. The molecule has 0 saturated heterocycles. The van der Waals surface area contributed by atoms with Crippen molar-refractivity contribution in [3.05, 3.63) is 23.5 Å². The van der Waals surface area contributed by atoms with E-state index in [1.54, 1.807) is 13.3 Å². The second kappa shape index (κ2) is 8.81. The molecule has 1 aromatic heterocycles. The summed E-state index contributed by atoms with van der Waals surface area (Å²) in [5.74, 6) is 1.89. The van der Waals surface area contributed by atoms with Crippen LogP contribution in [0.2, 0.25) is 0 Å². The third kappa shape index (κ3) is 4.16. The van der Waals surface area contributed by atoms with E-state index in [-0.39, 0.29) is 18.4 Å². The van der Waals surface area contributed by atoms with Crippen LogP contribution in [-0.4, -0.2) is 42.3 Å². The number of nitrogens with zero attached hydrogens (tertiary/aromatic N) is 2. The zero-order chi connectivity index (χ0) is 12.8. The van der Waals surface area contributed by atoms with E-state index in [9.17, 15) is 0 Å². The Labute approximate surface area is 125 Å². The Morgan fingerprint density at radius 2 is 2.11 bits per heavy atom. The molecule has 104 valence electrons. The molecule has 18 heavy (non-hydrogen) atoms. The quantitative estimate of drug-likeness (QED) is 0.754. The summed E-state index contributed by atoms with van der Waals surface area (Å²) < 4.78 is 5.29. The highest BCUT2D eigenvalue weighted by atomic mass is 35.5. The molecule has 0 saturated carbocycles. The maximum absolute atomic E-state index is 6.03. The van der Waals surface area contributed by atoms with Crippen molar-refractivity contribution in [1.82, 2.24) is 9.88 Å². The number of hydrogen-bond donors (Lipinski definition) is 0. The summed E-state index contributed by atoms with van der Waals surface area (Å²) in [6, 6.07) is 1.91. The van der Waals surface area contributed by atoms with E-state index >= 15 is 0 Å². The first-order valence-electron chi connectivity index (χ1n) is 5.47. The van der Waals surface area contributed by atoms with Crippen LogP contribution in [0.5, 0.6) is 5.75 Å². The minimum atomic E-state index is 0. The van der Waals surface area contributed by atoms with E-state index in [1.807, 2.05) is 20.0 Å². The Morgan fingerprint density at radius 3 is 2.61 bits per heavy atom. The summed E-state index contributed by atoms with van der Waals surface area (Å²) >= 11 is 11.8. The van der Waals surface area contributed by atoms with Gasteiger partial charge in [0.25, 0.3) is 0 Å². The number of aromatic nitrogens is 1. The molecule has 0 bridgehead atoms. The molecular weight excluding hydrogens is 295 g/mol. The molecule has 0 aliphatic rings. The van der Waals surface area contributed by atoms with Crippen molar-refractivity contribution in [3.8, 4) is 5.75 Å². The lowest BCUT2D eigenvalue weighted by molar-refractivity contribution is 0.273. The lowest BCUT2D eigenvalue weighted by Crippen LogP contribution is -2.29. The van der Waals surface area contributed by atoms with Gasteiger partial charge in [-0.25, -0.2) is 0 Å². The van der Waals surface area contributed by atoms with Crippen LogP contribution in [0.1, 0.15) is 17.3 Å². The first-order chi connectivity index (χ1) is 8.15. The van der Waals surface area contributed by atoms with Gasteiger partial charge in [0.05, 0.1) is 18.8 Å². The molecular formula is C12H19Cl3N2O. The first kappa shape index (κ1) is 17.8. The molecule has 6 heteroatoms. The largest absolute Gasteiger partial charge is 0.496 e. The Morgan fingerprint density at radius 1 is 1.44 bits per heavy atom. The highest BCUT2D eigenvalue weighted by Crippen LogP contribution is 2.27. The van der Waals surface area contributed by atoms with Crippen LogP contribution < -0.4 is 4.74 Å². The number of rotatable bonds is 6. The monoisotopic (exact) mass is 312 g/mol. The number of alkyl halides is 2. The average molecular weight is 314 g/mol. The van der Waals surface area contributed by atoms with Gasteiger partial charge in [0, 0.05) is 30.1 Å². The molecule has 1 atom stereocenters. The summed E-state index contributed by atoms with van der Waals surface area (Å²) in [5.41, 5.74) is 1.98. The molecule has 0 N–H and O–H groups in total. The fraction of sp³-hybridized carbons (Fsp3) is 0.583. The Bertz CT molecular complexity index is 363. The lowest BCUT2D eigenvalue weighted by Gasteiger charge is -2.26. The number of methoxy groups -OCH3 is 1. The highest BCUT2D eigenvalue weighted by molar-refractivity contribution is 6.18. The normalized spacial score (nSPS) is 12.1. The Balaban J connectivity index is 0.00000289. The number of halogens is 3. The molecule has 0 fully saturated rings. The zero-order valence-electron chi connectivity index (χ0n) is 10.8. The van der Waals surface area contributed by atoms with Crippen molar-refractivity contribution in [2.75, 3.05) is 32.5 Å². The Hall–Kier alpha value is -0.220. The summed E-state index contributed by atoms with van der Waals surface area (Å²) in [6.45, 7) is 2.77. The van der Waals surface area contributed by atoms with Crippen LogP contribution in [0.25, 0.3) is 0 Å². The zero-order valence-corrected chi connectivity index (χ0v) is 13.1. The minimum Gasteiger partial charge on any atom is -0.496 e. The average Bonchev–Trinajstić information content (AvgIpc) is 2.32. The Kier molecular flexibility index (Phi) is 8.70. The van der Waals surface area contributed by atoms with Gasteiger partial charge in [-0.2, -0.15) is 0 Å². The van der Waals surface area contributed by atoms with Crippen molar-refractivity contribution in [2.24, 2.45) is 0 Å². The van der Waals surface area contributed by atoms with Crippen molar-refractivity contribution < 1.29 is 4.74 Å². The van der Waals surface area contributed by atoms with Crippen LogP contribution in [0, 0.1) is 6.92 Å². The topological polar surface area (TPSA) is 25.4 Å². The maximum Gasteiger partial charge on any atom is 0.125 e. The van der Waals surface area contributed by atoms with Crippen LogP contribution in [0.15, 0.2) is 12.3 Å². The third-order valence-corrected chi connectivity index (χ3v) is 3.31. The molecule has 0 aliphatic carbocycles. The molecule has 1 heterocycles. The molecule has 3 nitrogen and oxygen atoms in total. The molecule has 0 radical (unpaired) electrons. The van der Waals surface area contributed by atoms with E-state index < -0.39 is 0 Å². The molecule has 0 amide bonds. The molecule has 1 aromatic rings. The standard InChI is InChI=1S/C12H18Cl2N2O.ClH/c1-9-11(17-3)4-6-15-12(9)10(8-14)16(2)7-5-13;/h4,6,10H,5,7-8H2,1-3H3;1H.